The van der Waals surface area contributed by atoms with Gasteiger partial charge in [0.05, 0.1) is 24.1 Å². The quantitative estimate of drug-likeness (QED) is 0.436. The van der Waals surface area contributed by atoms with E-state index in [1.165, 1.54) is 4.90 Å². The largest absolute Gasteiger partial charge is 0.497 e. The normalized spacial score (nSPS) is 14.8. The number of hydrogen-bond donors (Lipinski definition) is 1. The Bertz CT molecular complexity index is 1400. The molecule has 1 atom stereocenters. The number of methoxy groups -OCH3 is 1. The zero-order valence-electron chi connectivity index (χ0n) is 19.6. The van der Waals surface area contributed by atoms with Crippen LogP contribution in [-0.2, 0) is 11.2 Å². The highest BCUT2D eigenvalue weighted by molar-refractivity contribution is 7.18. The smallest absolute Gasteiger partial charge is 0.259 e. The maximum absolute atomic E-state index is 12.2. The van der Waals surface area contributed by atoms with E-state index in [9.17, 15) is 4.79 Å². The molecule has 4 aromatic rings. The molecule has 2 aromatic carbocycles. The Balaban J connectivity index is 1.53. The molecule has 1 aliphatic rings. The fourth-order valence-corrected chi connectivity index (χ4v) is 5.02. The number of ether oxygens (including phenoxy) is 3. The zero-order valence-corrected chi connectivity index (χ0v) is 20.5. The van der Waals surface area contributed by atoms with Crippen LogP contribution in [0.4, 0.5) is 5.95 Å². The number of fused-ring (bicyclic) bond motifs is 2. The standard InChI is InChI=1S/C25H25N5O4S/c1-30(2)22(31)13-34-20-10-14(18-6-7-27-25(26)28-18)11-21-23(20)29-24(35-21)16-8-15-9-17(32-3)4-5-19(15)33-12-16/h4-7,9-11,16H,8,12-13H2,1-3H3,(H2,26,27,28). The molecule has 0 fully saturated rings. The van der Waals surface area contributed by atoms with Crippen molar-refractivity contribution in [2.45, 2.75) is 12.3 Å². The number of amides is 1. The minimum absolute atomic E-state index is 0.0846. The second kappa shape index (κ2) is 9.38. The number of thiazole rings is 1. The molecule has 2 N–H and O–H groups in total. The summed E-state index contributed by atoms with van der Waals surface area (Å²) >= 11 is 1.58. The van der Waals surface area contributed by atoms with E-state index in [4.69, 9.17) is 24.9 Å². The van der Waals surface area contributed by atoms with Gasteiger partial charge in [-0.1, -0.05) is 0 Å². The first-order chi connectivity index (χ1) is 16.9. The molecular formula is C25H25N5O4S. The lowest BCUT2D eigenvalue weighted by molar-refractivity contribution is -0.130. The number of likely N-dealkylation sites (N-methyl/N-ethyl adjacent to an activating group) is 1. The molecule has 1 aliphatic heterocycles. The summed E-state index contributed by atoms with van der Waals surface area (Å²) in [5.74, 6) is 2.32. The molecule has 0 saturated heterocycles. The summed E-state index contributed by atoms with van der Waals surface area (Å²) in [4.78, 5) is 26.9. The highest BCUT2D eigenvalue weighted by Gasteiger charge is 2.26. The second-order valence-electron chi connectivity index (χ2n) is 8.44. The lowest BCUT2D eigenvalue weighted by Gasteiger charge is -2.24. The maximum atomic E-state index is 12.2. The summed E-state index contributed by atoms with van der Waals surface area (Å²) in [5.41, 5.74) is 9.07. The number of aromatic nitrogens is 3. The van der Waals surface area contributed by atoms with E-state index in [2.05, 4.69) is 9.97 Å². The molecule has 0 radical (unpaired) electrons. The number of hydrogen-bond acceptors (Lipinski definition) is 9. The van der Waals surface area contributed by atoms with Gasteiger partial charge in [0.25, 0.3) is 5.91 Å². The van der Waals surface area contributed by atoms with E-state index in [-0.39, 0.29) is 24.4 Å². The summed E-state index contributed by atoms with van der Waals surface area (Å²) in [6.07, 6.45) is 2.40. The van der Waals surface area contributed by atoms with Gasteiger partial charge in [-0.05, 0) is 48.4 Å². The van der Waals surface area contributed by atoms with Gasteiger partial charge in [0.15, 0.2) is 6.61 Å². The Morgan fingerprint density at radius 3 is 2.86 bits per heavy atom. The third kappa shape index (κ3) is 4.69. The van der Waals surface area contributed by atoms with Crippen molar-refractivity contribution in [3.63, 3.8) is 0 Å². The van der Waals surface area contributed by atoms with Crippen LogP contribution < -0.4 is 19.9 Å². The Hall–Kier alpha value is -3.92. The molecule has 0 spiro atoms. The molecule has 10 heteroatoms. The Kier molecular flexibility index (Phi) is 6.12. The average molecular weight is 492 g/mol. The van der Waals surface area contributed by atoms with Gasteiger partial charge >= 0.3 is 0 Å². The van der Waals surface area contributed by atoms with Crippen molar-refractivity contribution in [2.75, 3.05) is 40.2 Å². The van der Waals surface area contributed by atoms with E-state index < -0.39 is 0 Å². The fraction of sp³-hybridized carbons (Fsp3) is 0.280. The van der Waals surface area contributed by atoms with Crippen molar-refractivity contribution in [3.8, 4) is 28.5 Å². The van der Waals surface area contributed by atoms with Gasteiger partial charge in [0, 0.05) is 31.8 Å². The van der Waals surface area contributed by atoms with Crippen LogP contribution in [0.15, 0.2) is 42.6 Å². The average Bonchev–Trinajstić information content (AvgIpc) is 3.30. The third-order valence-electron chi connectivity index (χ3n) is 5.82. The lowest BCUT2D eigenvalue weighted by atomic mass is 9.97. The van der Waals surface area contributed by atoms with E-state index in [1.807, 2.05) is 30.3 Å². The Morgan fingerprint density at radius 2 is 2.09 bits per heavy atom. The molecular weight excluding hydrogens is 466 g/mol. The van der Waals surface area contributed by atoms with Gasteiger partial charge in [0.1, 0.15) is 27.8 Å². The first kappa shape index (κ1) is 22.9. The van der Waals surface area contributed by atoms with E-state index in [0.717, 1.165) is 38.8 Å². The molecule has 3 heterocycles. The van der Waals surface area contributed by atoms with Crippen LogP contribution in [0, 0.1) is 0 Å². The van der Waals surface area contributed by atoms with Crippen molar-refractivity contribution >= 4 is 33.4 Å². The van der Waals surface area contributed by atoms with Crippen molar-refractivity contribution in [3.05, 3.63) is 53.2 Å². The van der Waals surface area contributed by atoms with Gasteiger partial charge in [-0.25, -0.2) is 15.0 Å². The van der Waals surface area contributed by atoms with Gasteiger partial charge in [-0.3, -0.25) is 4.79 Å². The van der Waals surface area contributed by atoms with E-state index >= 15 is 0 Å². The number of benzene rings is 2. The van der Waals surface area contributed by atoms with Gasteiger partial charge in [0.2, 0.25) is 5.95 Å². The first-order valence-electron chi connectivity index (χ1n) is 11.1. The number of anilines is 1. The van der Waals surface area contributed by atoms with Gasteiger partial charge in [-0.2, -0.15) is 0 Å². The van der Waals surface area contributed by atoms with Crippen LogP contribution in [0.1, 0.15) is 16.5 Å². The third-order valence-corrected chi connectivity index (χ3v) is 6.98. The molecule has 0 saturated carbocycles. The Morgan fingerprint density at radius 1 is 1.23 bits per heavy atom. The molecule has 2 aromatic heterocycles. The lowest BCUT2D eigenvalue weighted by Crippen LogP contribution is -2.27. The van der Waals surface area contributed by atoms with Crippen LogP contribution in [0.3, 0.4) is 0 Å². The zero-order chi connectivity index (χ0) is 24.5. The van der Waals surface area contributed by atoms with Crippen LogP contribution in [-0.4, -0.2) is 60.2 Å². The number of nitrogens with zero attached hydrogens (tertiary/aromatic N) is 4. The fourth-order valence-electron chi connectivity index (χ4n) is 3.91. The van der Waals surface area contributed by atoms with Crippen LogP contribution >= 0.6 is 11.3 Å². The number of carbonyl (C=O) groups excluding carboxylic acids is 1. The molecule has 9 nitrogen and oxygen atoms in total. The number of rotatable bonds is 6. The summed E-state index contributed by atoms with van der Waals surface area (Å²) in [7, 11) is 5.04. The van der Waals surface area contributed by atoms with Crippen molar-refractivity contribution in [1.29, 1.82) is 0 Å². The topological polar surface area (TPSA) is 113 Å². The van der Waals surface area contributed by atoms with E-state index in [0.29, 0.717) is 23.6 Å². The predicted octanol–water partition coefficient (Wildman–Crippen LogP) is 3.53. The first-order valence-corrected chi connectivity index (χ1v) is 11.9. The van der Waals surface area contributed by atoms with Crippen molar-refractivity contribution in [2.24, 2.45) is 0 Å². The SMILES string of the molecule is COc1ccc2c(c1)CC(c1nc3c(OCC(=O)N(C)C)cc(-c4ccnc(N)n4)cc3s1)CO2. The molecule has 1 unspecified atom stereocenters. The molecule has 1 amide bonds. The Labute approximate surface area is 206 Å². The monoisotopic (exact) mass is 491 g/mol. The van der Waals surface area contributed by atoms with Gasteiger partial charge < -0.3 is 24.8 Å². The van der Waals surface area contributed by atoms with E-state index in [1.54, 1.807) is 44.8 Å². The summed E-state index contributed by atoms with van der Waals surface area (Å²) in [6, 6.07) is 11.5. The predicted molar refractivity (Wildman–Crippen MR) is 134 cm³/mol. The van der Waals surface area contributed by atoms with Crippen LogP contribution in [0.2, 0.25) is 0 Å². The maximum Gasteiger partial charge on any atom is 0.259 e. The van der Waals surface area contributed by atoms with Crippen molar-refractivity contribution < 1.29 is 19.0 Å². The highest BCUT2D eigenvalue weighted by Crippen LogP contribution is 2.40. The number of nitrogen functional groups attached to an aromatic ring is 1. The molecule has 0 aliphatic carbocycles. The molecule has 0 bridgehead atoms. The molecule has 35 heavy (non-hydrogen) atoms. The number of carbonyl (C=O) groups is 1. The summed E-state index contributed by atoms with van der Waals surface area (Å²) in [5, 5.41) is 0.941. The summed E-state index contributed by atoms with van der Waals surface area (Å²) < 4.78 is 18.3. The van der Waals surface area contributed by atoms with Crippen LogP contribution in [0.5, 0.6) is 17.2 Å². The minimum Gasteiger partial charge on any atom is -0.497 e. The molecule has 5 rings (SSSR count). The van der Waals surface area contributed by atoms with Crippen molar-refractivity contribution in [1.82, 2.24) is 19.9 Å². The second-order valence-corrected chi connectivity index (χ2v) is 9.50. The number of nitrogens with two attached hydrogens (primary N) is 1. The van der Waals surface area contributed by atoms with Gasteiger partial charge in [-0.15, -0.1) is 11.3 Å². The summed E-state index contributed by atoms with van der Waals surface area (Å²) in [6.45, 7) is 0.438. The molecule has 180 valence electrons. The highest BCUT2D eigenvalue weighted by atomic mass is 32.1. The van der Waals surface area contributed by atoms with Crippen LogP contribution in [0.25, 0.3) is 21.5 Å². The minimum atomic E-state index is -0.142.